The quantitative estimate of drug-likeness (QED) is 0.222. The SMILES string of the molecule is CC#Cc1cccc(-c2cccc(-c3cccc(-c4cc5ccccc5[n+](C)c4)c3)c2)c1. The van der Waals surface area contributed by atoms with Gasteiger partial charge in [0, 0.05) is 22.6 Å². The summed E-state index contributed by atoms with van der Waals surface area (Å²) in [6, 6.07) is 36.7. The third-order valence-corrected chi connectivity index (χ3v) is 5.82. The number of hydrogen-bond donors (Lipinski definition) is 0. The number of fused-ring (bicyclic) bond motifs is 1. The van der Waals surface area contributed by atoms with Crippen molar-refractivity contribution in [2.75, 3.05) is 0 Å². The van der Waals surface area contributed by atoms with Crippen molar-refractivity contribution in [2.24, 2.45) is 7.05 Å². The van der Waals surface area contributed by atoms with Crippen molar-refractivity contribution < 1.29 is 4.57 Å². The van der Waals surface area contributed by atoms with Gasteiger partial charge in [0.25, 0.3) is 0 Å². The fraction of sp³-hybridized carbons (Fsp3) is 0.0645. The minimum Gasteiger partial charge on any atom is -0.200 e. The Morgan fingerprint density at radius 2 is 1.12 bits per heavy atom. The van der Waals surface area contributed by atoms with Gasteiger partial charge in [-0.25, -0.2) is 4.57 Å². The van der Waals surface area contributed by atoms with Crippen molar-refractivity contribution in [1.82, 2.24) is 0 Å². The molecule has 0 aliphatic rings. The van der Waals surface area contributed by atoms with Crippen molar-refractivity contribution in [3.05, 3.63) is 115 Å². The molecule has 0 atom stereocenters. The summed E-state index contributed by atoms with van der Waals surface area (Å²) in [5.41, 5.74) is 9.52. The lowest BCUT2D eigenvalue weighted by Gasteiger charge is -2.09. The molecular formula is C31H24N+. The maximum absolute atomic E-state index is 3.15. The van der Waals surface area contributed by atoms with Crippen LogP contribution in [0.1, 0.15) is 12.5 Å². The highest BCUT2D eigenvalue weighted by Crippen LogP contribution is 2.30. The zero-order valence-electron chi connectivity index (χ0n) is 18.3. The minimum absolute atomic E-state index is 1.04. The summed E-state index contributed by atoms with van der Waals surface area (Å²) in [6.45, 7) is 1.87. The molecule has 0 amide bonds. The van der Waals surface area contributed by atoms with Crippen LogP contribution in [0.2, 0.25) is 0 Å². The van der Waals surface area contributed by atoms with Crippen LogP contribution in [0.15, 0.2) is 109 Å². The Morgan fingerprint density at radius 1 is 0.562 bits per heavy atom. The lowest BCUT2D eigenvalue weighted by molar-refractivity contribution is -0.644. The molecule has 5 rings (SSSR count). The van der Waals surface area contributed by atoms with Gasteiger partial charge in [-0.2, -0.15) is 0 Å². The standard InChI is InChI=1S/C31H24N/c1-3-9-23-10-6-12-24(18-23)25-13-7-14-26(19-25)27-15-8-16-28(20-27)30-21-29-11-4-5-17-31(29)32(2)22-30/h4-8,10-22H,1-2H3/q+1. The molecule has 0 saturated carbocycles. The number of aromatic nitrogens is 1. The molecule has 0 aliphatic carbocycles. The highest BCUT2D eigenvalue weighted by atomic mass is 14.9. The molecular weight excluding hydrogens is 386 g/mol. The predicted octanol–water partition coefficient (Wildman–Crippen LogP) is 7.04. The third kappa shape index (κ3) is 3.92. The molecule has 32 heavy (non-hydrogen) atoms. The number of pyridine rings is 1. The average molecular weight is 411 g/mol. The summed E-state index contributed by atoms with van der Waals surface area (Å²) < 4.78 is 2.20. The monoisotopic (exact) mass is 410 g/mol. The maximum Gasteiger partial charge on any atom is 0.212 e. The largest absolute Gasteiger partial charge is 0.212 e. The van der Waals surface area contributed by atoms with Crippen molar-refractivity contribution >= 4 is 10.9 Å². The number of benzene rings is 4. The molecule has 1 nitrogen and oxygen atoms in total. The molecule has 5 aromatic rings. The summed E-state index contributed by atoms with van der Waals surface area (Å²) in [4.78, 5) is 0. The van der Waals surface area contributed by atoms with Gasteiger partial charge in [0.15, 0.2) is 6.20 Å². The second kappa shape index (κ2) is 8.53. The number of para-hydroxylation sites is 1. The molecule has 0 unspecified atom stereocenters. The lowest BCUT2D eigenvalue weighted by Crippen LogP contribution is -2.28. The van der Waals surface area contributed by atoms with Crippen LogP contribution in [-0.4, -0.2) is 0 Å². The summed E-state index contributed by atoms with van der Waals surface area (Å²) >= 11 is 0. The first-order valence-corrected chi connectivity index (χ1v) is 10.8. The second-order valence-electron chi connectivity index (χ2n) is 8.02. The summed E-state index contributed by atoms with van der Waals surface area (Å²) in [7, 11) is 2.11. The predicted molar refractivity (Wildman–Crippen MR) is 134 cm³/mol. The molecule has 0 fully saturated rings. The molecule has 0 aliphatic heterocycles. The van der Waals surface area contributed by atoms with Crippen molar-refractivity contribution in [3.8, 4) is 45.2 Å². The van der Waals surface area contributed by atoms with E-state index in [9.17, 15) is 0 Å². The molecule has 1 heterocycles. The summed E-state index contributed by atoms with van der Waals surface area (Å²) in [5.74, 6) is 6.14. The molecule has 152 valence electrons. The molecule has 0 radical (unpaired) electrons. The van der Waals surface area contributed by atoms with E-state index in [4.69, 9.17) is 0 Å². The summed E-state index contributed by atoms with van der Waals surface area (Å²) in [5, 5.41) is 1.25. The van der Waals surface area contributed by atoms with Crippen LogP contribution in [0, 0.1) is 11.8 Å². The van der Waals surface area contributed by atoms with Gasteiger partial charge in [-0.1, -0.05) is 66.6 Å². The number of rotatable bonds is 3. The van der Waals surface area contributed by atoms with Gasteiger partial charge < -0.3 is 0 Å². The highest BCUT2D eigenvalue weighted by molar-refractivity contribution is 5.82. The van der Waals surface area contributed by atoms with Crippen LogP contribution in [0.4, 0.5) is 0 Å². The summed E-state index contributed by atoms with van der Waals surface area (Å²) in [6.07, 6.45) is 2.21. The van der Waals surface area contributed by atoms with E-state index in [1.807, 2.05) is 6.92 Å². The van der Waals surface area contributed by atoms with E-state index in [0.29, 0.717) is 0 Å². The van der Waals surface area contributed by atoms with Crippen LogP contribution < -0.4 is 4.57 Å². The second-order valence-corrected chi connectivity index (χ2v) is 8.02. The maximum atomic E-state index is 3.15. The Bertz CT molecular complexity index is 1500. The highest BCUT2D eigenvalue weighted by Gasteiger charge is 2.10. The average Bonchev–Trinajstić information content (AvgIpc) is 2.85. The van der Waals surface area contributed by atoms with Crippen molar-refractivity contribution in [3.63, 3.8) is 0 Å². The van der Waals surface area contributed by atoms with Gasteiger partial charge in [0.05, 0.1) is 0 Å². The first-order valence-electron chi connectivity index (χ1n) is 10.8. The topological polar surface area (TPSA) is 3.88 Å². The molecule has 0 saturated heterocycles. The van der Waals surface area contributed by atoms with Crippen molar-refractivity contribution in [2.45, 2.75) is 6.92 Å². The van der Waals surface area contributed by atoms with Crippen molar-refractivity contribution in [1.29, 1.82) is 0 Å². The van der Waals surface area contributed by atoms with Gasteiger partial charge in [-0.15, -0.1) is 5.92 Å². The Kier molecular flexibility index (Phi) is 5.28. The van der Waals surface area contributed by atoms with Gasteiger partial charge in [-0.05, 0) is 71.1 Å². The van der Waals surface area contributed by atoms with Crippen LogP contribution in [-0.2, 0) is 7.05 Å². The zero-order valence-corrected chi connectivity index (χ0v) is 18.3. The first kappa shape index (κ1) is 19.8. The number of nitrogens with zero attached hydrogens (tertiary/aromatic N) is 1. The zero-order chi connectivity index (χ0) is 21.9. The third-order valence-electron chi connectivity index (χ3n) is 5.82. The van der Waals surface area contributed by atoms with E-state index >= 15 is 0 Å². The molecule has 1 aromatic heterocycles. The minimum atomic E-state index is 1.04. The van der Waals surface area contributed by atoms with Crippen LogP contribution in [0.25, 0.3) is 44.3 Å². The van der Waals surface area contributed by atoms with E-state index in [1.54, 1.807) is 0 Å². The van der Waals surface area contributed by atoms with Gasteiger partial charge in [0.2, 0.25) is 5.52 Å². The van der Waals surface area contributed by atoms with E-state index in [2.05, 4.69) is 133 Å². The van der Waals surface area contributed by atoms with Gasteiger partial charge in [-0.3, -0.25) is 0 Å². The van der Waals surface area contributed by atoms with Crippen LogP contribution in [0.3, 0.4) is 0 Å². The van der Waals surface area contributed by atoms with Gasteiger partial charge in [0.1, 0.15) is 7.05 Å². The Hall–Kier alpha value is -4.15. The molecule has 0 spiro atoms. The molecule has 4 aromatic carbocycles. The van der Waals surface area contributed by atoms with E-state index in [0.717, 1.165) is 5.56 Å². The van der Waals surface area contributed by atoms with Crippen LogP contribution >= 0.6 is 0 Å². The molecule has 0 bridgehead atoms. The fourth-order valence-electron chi connectivity index (χ4n) is 4.25. The van der Waals surface area contributed by atoms with E-state index in [-0.39, 0.29) is 0 Å². The Balaban J connectivity index is 1.55. The Labute approximate surface area is 189 Å². The number of hydrogen-bond acceptors (Lipinski definition) is 0. The number of aryl methyl sites for hydroxylation is 1. The first-order chi connectivity index (χ1) is 15.7. The lowest BCUT2D eigenvalue weighted by atomic mass is 9.96. The molecule has 0 N–H and O–H groups in total. The molecule has 1 heteroatoms. The Morgan fingerprint density at radius 3 is 1.78 bits per heavy atom. The van der Waals surface area contributed by atoms with Gasteiger partial charge >= 0.3 is 0 Å². The van der Waals surface area contributed by atoms with E-state index < -0.39 is 0 Å². The fourth-order valence-corrected chi connectivity index (χ4v) is 4.25. The smallest absolute Gasteiger partial charge is 0.200 e. The van der Waals surface area contributed by atoms with Crippen LogP contribution in [0.5, 0.6) is 0 Å². The van der Waals surface area contributed by atoms with E-state index in [1.165, 1.54) is 44.3 Å². The normalized spacial score (nSPS) is 10.6.